The number of carbonyl (C=O) groups excluding carboxylic acids is 3. The molecule has 2 aromatic carbocycles. The maximum absolute atomic E-state index is 13.1. The summed E-state index contributed by atoms with van der Waals surface area (Å²) in [6, 6.07) is 11.1. The molecule has 186 valence electrons. The molecule has 0 aromatic heterocycles. The van der Waals surface area contributed by atoms with E-state index >= 15 is 0 Å². The van der Waals surface area contributed by atoms with E-state index in [1.165, 1.54) is 11.8 Å². The number of hydrogen-bond donors (Lipinski definition) is 1. The molecule has 7 heteroatoms. The molecule has 3 rings (SSSR count). The third-order valence-corrected chi connectivity index (χ3v) is 5.82. The van der Waals surface area contributed by atoms with Crippen LogP contribution in [0.3, 0.4) is 0 Å². The van der Waals surface area contributed by atoms with Gasteiger partial charge in [-0.3, -0.25) is 14.4 Å². The highest BCUT2D eigenvalue weighted by atomic mass is 16.5. The number of Topliss-reactive ketones (excluding diaryl/α,β-unsaturated/α-hetero) is 1. The number of nitrogens with zero attached hydrogens (tertiary/aromatic N) is 1. The molecule has 1 aliphatic rings. The van der Waals surface area contributed by atoms with Crippen molar-refractivity contribution < 1.29 is 29.0 Å². The van der Waals surface area contributed by atoms with Gasteiger partial charge in [-0.1, -0.05) is 39.8 Å². The molecule has 1 unspecified atom stereocenters. The zero-order valence-corrected chi connectivity index (χ0v) is 21.2. The first kappa shape index (κ1) is 26.0. The van der Waals surface area contributed by atoms with Crippen LogP contribution in [-0.4, -0.2) is 40.8 Å². The molecular weight excluding hydrogens is 446 g/mol. The maximum Gasteiger partial charge on any atom is 0.308 e. The molecule has 0 radical (unpaired) electrons. The first-order valence-electron chi connectivity index (χ1n) is 11.8. The van der Waals surface area contributed by atoms with Crippen molar-refractivity contribution in [3.05, 3.63) is 64.7 Å². The highest BCUT2D eigenvalue weighted by Crippen LogP contribution is 2.41. The Hall–Kier alpha value is -3.61. The first-order chi connectivity index (χ1) is 16.5. The molecule has 1 heterocycles. The van der Waals surface area contributed by atoms with E-state index < -0.39 is 23.7 Å². The Kier molecular flexibility index (Phi) is 7.68. The third kappa shape index (κ3) is 5.39. The van der Waals surface area contributed by atoms with Crippen LogP contribution in [0.4, 0.5) is 0 Å². The summed E-state index contributed by atoms with van der Waals surface area (Å²) in [5.74, 6) is -0.985. The fourth-order valence-electron chi connectivity index (χ4n) is 4.28. The zero-order chi connectivity index (χ0) is 25.9. The number of hydrogen-bond acceptors (Lipinski definition) is 6. The van der Waals surface area contributed by atoms with E-state index in [2.05, 4.69) is 0 Å². The number of carbonyl (C=O) groups is 3. The van der Waals surface area contributed by atoms with Crippen LogP contribution in [0.5, 0.6) is 11.5 Å². The van der Waals surface area contributed by atoms with Gasteiger partial charge in [-0.05, 0) is 54.7 Å². The van der Waals surface area contributed by atoms with Crippen molar-refractivity contribution in [2.24, 2.45) is 0 Å². The summed E-state index contributed by atoms with van der Waals surface area (Å²) < 4.78 is 10.9. The van der Waals surface area contributed by atoms with Crippen molar-refractivity contribution >= 4 is 23.4 Å². The van der Waals surface area contributed by atoms with E-state index in [1.54, 1.807) is 36.4 Å². The van der Waals surface area contributed by atoms with Gasteiger partial charge in [0, 0.05) is 24.6 Å². The number of aliphatic hydroxyl groups excluding tert-OH is 1. The van der Waals surface area contributed by atoms with Crippen molar-refractivity contribution in [2.75, 3.05) is 13.2 Å². The minimum atomic E-state index is -0.758. The molecule has 2 aromatic rings. The molecule has 1 atom stereocenters. The minimum absolute atomic E-state index is 0.0349. The van der Waals surface area contributed by atoms with Gasteiger partial charge < -0.3 is 19.5 Å². The third-order valence-electron chi connectivity index (χ3n) is 5.82. The number of ether oxygens (including phenoxy) is 2. The predicted molar refractivity (Wildman–Crippen MR) is 133 cm³/mol. The van der Waals surface area contributed by atoms with E-state index in [9.17, 15) is 19.5 Å². The zero-order valence-electron chi connectivity index (χ0n) is 21.2. The van der Waals surface area contributed by atoms with Crippen molar-refractivity contribution in [1.29, 1.82) is 0 Å². The average Bonchev–Trinajstić information content (AvgIpc) is 3.04. The standard InChI is InChI=1S/C28H33NO6/c1-7-15-29-24(18-9-12-20(13-10-18)35-17(3)30)23(26(32)27(29)33)25(31)19-11-14-22(34-8-2)21(16-19)28(4,5)6/h9-14,16,24,31H,7-8,15H2,1-6H3/b25-23-. The van der Waals surface area contributed by atoms with Crippen LogP contribution in [0, 0.1) is 0 Å². The van der Waals surface area contributed by atoms with Crippen LogP contribution in [-0.2, 0) is 19.8 Å². The van der Waals surface area contributed by atoms with Crippen LogP contribution in [0.2, 0.25) is 0 Å². The molecule has 7 nitrogen and oxygen atoms in total. The number of aliphatic hydroxyl groups is 1. The normalized spacial score (nSPS) is 17.5. The maximum atomic E-state index is 13.1. The largest absolute Gasteiger partial charge is 0.507 e. The summed E-state index contributed by atoms with van der Waals surface area (Å²) in [6.45, 7) is 12.1. The molecule has 1 aliphatic heterocycles. The van der Waals surface area contributed by atoms with E-state index in [4.69, 9.17) is 9.47 Å². The second kappa shape index (κ2) is 10.3. The predicted octanol–water partition coefficient (Wildman–Crippen LogP) is 5.14. The fourth-order valence-corrected chi connectivity index (χ4v) is 4.28. The van der Waals surface area contributed by atoms with Gasteiger partial charge >= 0.3 is 5.97 Å². The van der Waals surface area contributed by atoms with E-state index in [1.807, 2.05) is 40.7 Å². The lowest BCUT2D eigenvalue weighted by atomic mass is 9.84. The quantitative estimate of drug-likeness (QED) is 0.194. The Morgan fingerprint density at radius 3 is 2.26 bits per heavy atom. The number of benzene rings is 2. The van der Waals surface area contributed by atoms with Gasteiger partial charge in [0.15, 0.2) is 0 Å². The van der Waals surface area contributed by atoms with E-state index in [0.29, 0.717) is 42.2 Å². The second-order valence-electron chi connectivity index (χ2n) is 9.55. The summed E-state index contributed by atoms with van der Waals surface area (Å²) in [6.07, 6.45) is 0.645. The van der Waals surface area contributed by atoms with Gasteiger partial charge in [-0.2, -0.15) is 0 Å². The van der Waals surface area contributed by atoms with Crippen molar-refractivity contribution in [3.8, 4) is 11.5 Å². The summed E-state index contributed by atoms with van der Waals surface area (Å²) in [7, 11) is 0. The van der Waals surface area contributed by atoms with Gasteiger partial charge in [0.1, 0.15) is 17.3 Å². The molecule has 0 bridgehead atoms. The number of ketones is 1. The summed E-state index contributed by atoms with van der Waals surface area (Å²) in [5, 5.41) is 11.4. The highest BCUT2D eigenvalue weighted by molar-refractivity contribution is 6.46. The molecule has 1 fully saturated rings. The highest BCUT2D eigenvalue weighted by Gasteiger charge is 2.45. The SMILES string of the molecule is CCCN1C(=O)C(=O)/C(=C(\O)c2ccc(OCC)c(C(C)(C)C)c2)C1c1ccc(OC(C)=O)cc1. The molecular formula is C28H33NO6. The number of amides is 1. The molecule has 1 amide bonds. The average molecular weight is 480 g/mol. The van der Waals surface area contributed by atoms with Crippen molar-refractivity contribution in [1.82, 2.24) is 4.90 Å². The molecule has 0 aliphatic carbocycles. The van der Waals surface area contributed by atoms with E-state index in [0.717, 1.165) is 5.56 Å². The first-order valence-corrected chi connectivity index (χ1v) is 11.8. The molecule has 0 spiro atoms. The lowest BCUT2D eigenvalue weighted by Crippen LogP contribution is -2.30. The van der Waals surface area contributed by atoms with Crippen LogP contribution >= 0.6 is 0 Å². The Bertz CT molecular complexity index is 1160. The van der Waals surface area contributed by atoms with Crippen molar-refractivity contribution in [3.63, 3.8) is 0 Å². The van der Waals surface area contributed by atoms with E-state index in [-0.39, 0.29) is 16.7 Å². The lowest BCUT2D eigenvalue weighted by Gasteiger charge is -2.26. The second-order valence-corrected chi connectivity index (χ2v) is 9.55. The molecule has 0 saturated carbocycles. The number of esters is 1. The summed E-state index contributed by atoms with van der Waals surface area (Å²) in [4.78, 5) is 38.8. The van der Waals surface area contributed by atoms with Gasteiger partial charge in [0.2, 0.25) is 0 Å². The molecule has 35 heavy (non-hydrogen) atoms. The summed E-state index contributed by atoms with van der Waals surface area (Å²) >= 11 is 0. The van der Waals surface area contributed by atoms with Gasteiger partial charge in [-0.15, -0.1) is 0 Å². The van der Waals surface area contributed by atoms with Crippen LogP contribution in [0.15, 0.2) is 48.0 Å². The van der Waals surface area contributed by atoms with Crippen molar-refractivity contribution in [2.45, 2.75) is 59.4 Å². The lowest BCUT2D eigenvalue weighted by molar-refractivity contribution is -0.139. The fraction of sp³-hybridized carbons (Fsp3) is 0.393. The van der Waals surface area contributed by atoms with Crippen LogP contribution < -0.4 is 9.47 Å². The van der Waals surface area contributed by atoms with Gasteiger partial charge in [-0.25, -0.2) is 0 Å². The van der Waals surface area contributed by atoms with Gasteiger partial charge in [0.25, 0.3) is 11.7 Å². The Labute approximate surface area is 206 Å². The molecule has 1 saturated heterocycles. The smallest absolute Gasteiger partial charge is 0.308 e. The Balaban J connectivity index is 2.17. The Morgan fingerprint density at radius 1 is 1.06 bits per heavy atom. The van der Waals surface area contributed by atoms with Gasteiger partial charge in [0.05, 0.1) is 18.2 Å². The summed E-state index contributed by atoms with van der Waals surface area (Å²) in [5.41, 5.74) is 1.72. The number of rotatable bonds is 7. The van der Waals surface area contributed by atoms with Crippen LogP contribution in [0.1, 0.15) is 70.7 Å². The molecule has 1 N–H and O–H groups in total. The number of likely N-dealkylation sites (tertiary alicyclic amines) is 1. The minimum Gasteiger partial charge on any atom is -0.507 e. The Morgan fingerprint density at radius 2 is 1.71 bits per heavy atom. The van der Waals surface area contributed by atoms with Crippen LogP contribution in [0.25, 0.3) is 5.76 Å². The topological polar surface area (TPSA) is 93.1 Å². The monoisotopic (exact) mass is 479 g/mol.